The SMILES string of the molecule is CCC(C)(C)c1ccc(C(=O)c2cc(Cl)ccc2N)cc1. The molecule has 0 aliphatic heterocycles. The second-order valence-electron chi connectivity index (χ2n) is 5.88. The predicted molar refractivity (Wildman–Crippen MR) is 89.1 cm³/mol. The zero-order valence-corrected chi connectivity index (χ0v) is 13.4. The molecule has 2 aromatic carbocycles. The van der Waals surface area contributed by atoms with Gasteiger partial charge in [0.2, 0.25) is 0 Å². The number of ketones is 1. The van der Waals surface area contributed by atoms with Crippen LogP contribution < -0.4 is 5.73 Å². The monoisotopic (exact) mass is 301 g/mol. The van der Waals surface area contributed by atoms with Gasteiger partial charge in [0.05, 0.1) is 0 Å². The molecule has 0 saturated carbocycles. The number of hydrogen-bond acceptors (Lipinski definition) is 2. The lowest BCUT2D eigenvalue weighted by molar-refractivity contribution is 0.103. The van der Waals surface area contributed by atoms with Gasteiger partial charge in [0.15, 0.2) is 5.78 Å². The van der Waals surface area contributed by atoms with Crippen molar-refractivity contribution in [2.75, 3.05) is 5.73 Å². The van der Waals surface area contributed by atoms with Crippen LogP contribution in [0.25, 0.3) is 0 Å². The van der Waals surface area contributed by atoms with Gasteiger partial charge in [0.25, 0.3) is 0 Å². The Morgan fingerprint density at radius 3 is 2.33 bits per heavy atom. The summed E-state index contributed by atoms with van der Waals surface area (Å²) in [7, 11) is 0. The molecule has 0 aliphatic carbocycles. The van der Waals surface area contributed by atoms with Crippen molar-refractivity contribution in [2.45, 2.75) is 32.6 Å². The van der Waals surface area contributed by atoms with Gasteiger partial charge in [-0.3, -0.25) is 4.79 Å². The Bertz CT molecular complexity index is 659. The second-order valence-corrected chi connectivity index (χ2v) is 6.31. The number of benzene rings is 2. The Balaban J connectivity index is 2.35. The maximum absolute atomic E-state index is 12.5. The van der Waals surface area contributed by atoms with E-state index in [9.17, 15) is 4.79 Å². The molecule has 2 rings (SSSR count). The maximum atomic E-state index is 12.5. The molecule has 2 aromatic rings. The molecule has 0 spiro atoms. The molecule has 2 N–H and O–H groups in total. The van der Waals surface area contributed by atoms with E-state index in [1.807, 2.05) is 24.3 Å². The van der Waals surface area contributed by atoms with Crippen LogP contribution in [0.3, 0.4) is 0 Å². The van der Waals surface area contributed by atoms with Gasteiger partial charge in [-0.05, 0) is 35.6 Å². The summed E-state index contributed by atoms with van der Waals surface area (Å²) in [4.78, 5) is 12.5. The summed E-state index contributed by atoms with van der Waals surface area (Å²) in [6.45, 7) is 6.54. The topological polar surface area (TPSA) is 43.1 Å². The fourth-order valence-electron chi connectivity index (χ4n) is 2.16. The molecule has 0 unspecified atom stereocenters. The van der Waals surface area contributed by atoms with Crippen LogP contribution in [0.2, 0.25) is 5.02 Å². The molecule has 0 aromatic heterocycles. The molecule has 3 heteroatoms. The summed E-state index contributed by atoms with van der Waals surface area (Å²) >= 11 is 5.94. The van der Waals surface area contributed by atoms with Crippen LogP contribution in [0.15, 0.2) is 42.5 Å². The van der Waals surface area contributed by atoms with E-state index in [4.69, 9.17) is 17.3 Å². The van der Waals surface area contributed by atoms with Gasteiger partial charge in [-0.25, -0.2) is 0 Å². The number of rotatable bonds is 4. The van der Waals surface area contributed by atoms with Crippen molar-refractivity contribution in [3.63, 3.8) is 0 Å². The van der Waals surface area contributed by atoms with E-state index in [-0.39, 0.29) is 11.2 Å². The van der Waals surface area contributed by atoms with Crippen LogP contribution in [0.4, 0.5) is 5.69 Å². The zero-order chi connectivity index (χ0) is 15.6. The van der Waals surface area contributed by atoms with Crippen molar-refractivity contribution in [1.29, 1.82) is 0 Å². The third-order valence-corrected chi connectivity index (χ3v) is 4.31. The smallest absolute Gasteiger partial charge is 0.195 e. The minimum absolute atomic E-state index is 0.101. The third kappa shape index (κ3) is 3.27. The fourth-order valence-corrected chi connectivity index (χ4v) is 2.33. The molecule has 110 valence electrons. The van der Waals surface area contributed by atoms with E-state index in [0.717, 1.165) is 6.42 Å². The van der Waals surface area contributed by atoms with Crippen molar-refractivity contribution in [3.05, 3.63) is 64.2 Å². The average molecular weight is 302 g/mol. The van der Waals surface area contributed by atoms with Crippen molar-refractivity contribution in [2.24, 2.45) is 0 Å². The Labute approximate surface area is 130 Å². The molecular weight excluding hydrogens is 282 g/mol. The highest BCUT2D eigenvalue weighted by atomic mass is 35.5. The molecule has 0 saturated heterocycles. The first kappa shape index (κ1) is 15.6. The van der Waals surface area contributed by atoms with Crippen LogP contribution in [0.1, 0.15) is 48.7 Å². The number of anilines is 1. The Morgan fingerprint density at radius 2 is 1.76 bits per heavy atom. The minimum Gasteiger partial charge on any atom is -0.398 e. The molecule has 2 nitrogen and oxygen atoms in total. The van der Waals surface area contributed by atoms with Crippen molar-refractivity contribution in [1.82, 2.24) is 0 Å². The highest BCUT2D eigenvalue weighted by Crippen LogP contribution is 2.27. The van der Waals surface area contributed by atoms with Gasteiger partial charge in [-0.15, -0.1) is 0 Å². The van der Waals surface area contributed by atoms with E-state index in [2.05, 4.69) is 20.8 Å². The second kappa shape index (κ2) is 5.90. The van der Waals surface area contributed by atoms with Gasteiger partial charge < -0.3 is 5.73 Å². The highest BCUT2D eigenvalue weighted by Gasteiger charge is 2.19. The first-order valence-corrected chi connectivity index (χ1v) is 7.43. The summed E-state index contributed by atoms with van der Waals surface area (Å²) in [5.41, 5.74) is 8.72. The van der Waals surface area contributed by atoms with E-state index in [1.54, 1.807) is 18.2 Å². The van der Waals surface area contributed by atoms with Crippen LogP contribution in [-0.4, -0.2) is 5.78 Å². The molecule has 21 heavy (non-hydrogen) atoms. The van der Waals surface area contributed by atoms with Crippen LogP contribution in [0.5, 0.6) is 0 Å². The quantitative estimate of drug-likeness (QED) is 0.648. The van der Waals surface area contributed by atoms with Crippen LogP contribution >= 0.6 is 11.6 Å². The van der Waals surface area contributed by atoms with E-state index < -0.39 is 0 Å². The largest absolute Gasteiger partial charge is 0.398 e. The summed E-state index contributed by atoms with van der Waals surface area (Å²) < 4.78 is 0. The standard InChI is InChI=1S/C18H20ClNO/c1-4-18(2,3)13-7-5-12(6-8-13)17(21)15-11-14(19)9-10-16(15)20/h5-11H,4,20H2,1-3H3. The zero-order valence-electron chi connectivity index (χ0n) is 12.6. The van der Waals surface area contributed by atoms with Gasteiger partial charge >= 0.3 is 0 Å². The van der Waals surface area contributed by atoms with Gasteiger partial charge in [-0.2, -0.15) is 0 Å². The van der Waals surface area contributed by atoms with Crippen LogP contribution in [-0.2, 0) is 5.41 Å². The number of carbonyl (C=O) groups is 1. The number of nitrogen functional groups attached to an aromatic ring is 1. The number of nitrogens with two attached hydrogens (primary N) is 1. The minimum atomic E-state index is -0.101. The van der Waals surface area contributed by atoms with Gasteiger partial charge in [0, 0.05) is 21.8 Å². The first-order chi connectivity index (χ1) is 9.85. The predicted octanol–water partition coefficient (Wildman–Crippen LogP) is 4.84. The molecule has 0 aliphatic rings. The van der Waals surface area contributed by atoms with Gasteiger partial charge in [-0.1, -0.05) is 56.6 Å². The van der Waals surface area contributed by atoms with E-state index in [0.29, 0.717) is 21.8 Å². The van der Waals surface area contributed by atoms with Crippen LogP contribution in [0, 0.1) is 0 Å². The summed E-state index contributed by atoms with van der Waals surface area (Å²) in [5.74, 6) is -0.101. The van der Waals surface area contributed by atoms with Crippen molar-refractivity contribution < 1.29 is 4.79 Å². The highest BCUT2D eigenvalue weighted by molar-refractivity contribution is 6.31. The number of carbonyl (C=O) groups excluding carboxylic acids is 1. The third-order valence-electron chi connectivity index (χ3n) is 4.07. The normalized spacial score (nSPS) is 11.4. The lowest BCUT2D eigenvalue weighted by atomic mass is 9.82. The molecule has 0 amide bonds. The molecular formula is C18H20ClNO. The van der Waals surface area contributed by atoms with E-state index >= 15 is 0 Å². The molecule has 0 fully saturated rings. The Morgan fingerprint density at radius 1 is 1.14 bits per heavy atom. The molecule has 0 atom stereocenters. The van der Waals surface area contributed by atoms with Gasteiger partial charge in [0.1, 0.15) is 0 Å². The molecule has 0 radical (unpaired) electrons. The molecule has 0 bridgehead atoms. The fraction of sp³-hybridized carbons (Fsp3) is 0.278. The lowest BCUT2D eigenvalue weighted by Crippen LogP contribution is -2.15. The molecule has 0 heterocycles. The van der Waals surface area contributed by atoms with E-state index in [1.165, 1.54) is 5.56 Å². The lowest BCUT2D eigenvalue weighted by Gasteiger charge is -2.23. The summed E-state index contributed by atoms with van der Waals surface area (Å²) in [6, 6.07) is 12.7. The first-order valence-electron chi connectivity index (χ1n) is 7.05. The summed E-state index contributed by atoms with van der Waals surface area (Å²) in [5, 5.41) is 0.510. The maximum Gasteiger partial charge on any atom is 0.195 e. The van der Waals surface area contributed by atoms with Crippen molar-refractivity contribution >= 4 is 23.1 Å². The Hall–Kier alpha value is -1.80. The Kier molecular flexibility index (Phi) is 4.38. The van der Waals surface area contributed by atoms with Crippen molar-refractivity contribution in [3.8, 4) is 0 Å². The average Bonchev–Trinajstić information content (AvgIpc) is 2.49. The number of hydrogen-bond donors (Lipinski definition) is 1. The number of halogens is 1. The summed E-state index contributed by atoms with van der Waals surface area (Å²) in [6.07, 6.45) is 1.04.